The van der Waals surface area contributed by atoms with Crippen LogP contribution < -0.4 is 0 Å². The van der Waals surface area contributed by atoms with Gasteiger partial charge in [-0.1, -0.05) is 0 Å². The van der Waals surface area contributed by atoms with E-state index in [1.807, 2.05) is 0 Å². The molecule has 2 aromatic carbocycles. The molecule has 0 heterocycles. The molecule has 13 heteroatoms. The van der Waals surface area contributed by atoms with E-state index in [1.165, 1.54) is 0 Å². The Kier molecular flexibility index (Phi) is 6.68. The standard InChI is InChI=1S/C19H11F9N2O2/c20-17(21,22)13-2-1-11(7-29)12(5-13)9-30(16(31)32)8-10-3-14(18(23,24)25)6-15(4-10)19(26,27)28/h1-6H,8-9H2,(H,31,32). The van der Waals surface area contributed by atoms with E-state index in [0.717, 1.165) is 6.07 Å². The Labute approximate surface area is 174 Å². The molecule has 0 aliphatic carbocycles. The smallest absolute Gasteiger partial charge is 0.416 e. The Morgan fingerprint density at radius 2 is 1.31 bits per heavy atom. The molecule has 0 saturated carbocycles. The number of nitriles is 1. The van der Waals surface area contributed by atoms with Crippen molar-refractivity contribution >= 4 is 6.09 Å². The van der Waals surface area contributed by atoms with Crippen LogP contribution in [0.25, 0.3) is 0 Å². The van der Waals surface area contributed by atoms with Crippen LogP contribution in [0.3, 0.4) is 0 Å². The van der Waals surface area contributed by atoms with Gasteiger partial charge in [-0.15, -0.1) is 0 Å². The minimum atomic E-state index is -5.17. The maximum absolute atomic E-state index is 13.0. The first kappa shape index (κ1) is 24.8. The zero-order valence-electron chi connectivity index (χ0n) is 15.5. The first-order valence-electron chi connectivity index (χ1n) is 8.39. The molecular weight excluding hydrogens is 459 g/mol. The molecule has 0 atom stereocenters. The lowest BCUT2D eigenvalue weighted by Gasteiger charge is -2.22. The van der Waals surface area contributed by atoms with E-state index in [0.29, 0.717) is 29.2 Å². The van der Waals surface area contributed by atoms with Crippen LogP contribution in [0.2, 0.25) is 0 Å². The summed E-state index contributed by atoms with van der Waals surface area (Å²) in [5.74, 6) is 0. The fourth-order valence-corrected chi connectivity index (χ4v) is 2.74. The molecule has 0 aromatic heterocycles. The van der Waals surface area contributed by atoms with Gasteiger partial charge in [0.05, 0.1) is 34.9 Å². The predicted octanol–water partition coefficient (Wildman–Crippen LogP) is 6.29. The Bertz CT molecular complexity index is 1020. The van der Waals surface area contributed by atoms with Crippen molar-refractivity contribution in [2.45, 2.75) is 31.6 Å². The monoisotopic (exact) mass is 470 g/mol. The number of rotatable bonds is 4. The lowest BCUT2D eigenvalue weighted by molar-refractivity contribution is -0.143. The number of amides is 1. The highest BCUT2D eigenvalue weighted by Crippen LogP contribution is 2.37. The molecule has 0 aliphatic rings. The second-order valence-electron chi connectivity index (χ2n) is 6.53. The van der Waals surface area contributed by atoms with Crippen molar-refractivity contribution in [2.75, 3.05) is 0 Å². The molecule has 4 nitrogen and oxygen atoms in total. The van der Waals surface area contributed by atoms with E-state index in [9.17, 15) is 49.4 Å². The molecule has 0 bridgehead atoms. The van der Waals surface area contributed by atoms with Crippen LogP contribution in [0.4, 0.5) is 44.3 Å². The summed E-state index contributed by atoms with van der Waals surface area (Å²) in [6, 6.07) is 3.88. The molecule has 0 aliphatic heterocycles. The third-order valence-corrected chi connectivity index (χ3v) is 4.21. The second-order valence-corrected chi connectivity index (χ2v) is 6.53. The van der Waals surface area contributed by atoms with Crippen molar-refractivity contribution in [3.8, 4) is 6.07 Å². The molecule has 2 rings (SSSR count). The summed E-state index contributed by atoms with van der Waals surface area (Å²) in [7, 11) is 0. The van der Waals surface area contributed by atoms with E-state index in [1.54, 1.807) is 6.07 Å². The van der Waals surface area contributed by atoms with E-state index >= 15 is 0 Å². The molecule has 0 fully saturated rings. The number of hydrogen-bond acceptors (Lipinski definition) is 2. The maximum atomic E-state index is 13.0. The first-order valence-corrected chi connectivity index (χ1v) is 8.39. The van der Waals surface area contributed by atoms with Gasteiger partial charge in [0.1, 0.15) is 0 Å². The summed E-state index contributed by atoms with van der Waals surface area (Å²) in [5, 5.41) is 18.4. The van der Waals surface area contributed by atoms with E-state index < -0.39 is 65.5 Å². The van der Waals surface area contributed by atoms with E-state index in [4.69, 9.17) is 5.26 Å². The van der Waals surface area contributed by atoms with Crippen LogP contribution in [-0.2, 0) is 31.6 Å². The lowest BCUT2D eigenvalue weighted by Crippen LogP contribution is -2.29. The molecule has 0 radical (unpaired) electrons. The number of carboxylic acid groups (broad SMARTS) is 1. The van der Waals surface area contributed by atoms with Crippen molar-refractivity contribution in [3.05, 3.63) is 69.8 Å². The summed E-state index contributed by atoms with van der Waals surface area (Å²) in [6.45, 7) is -1.90. The largest absolute Gasteiger partial charge is 0.465 e. The average molecular weight is 470 g/mol. The minimum absolute atomic E-state index is 0.144. The predicted molar refractivity (Wildman–Crippen MR) is 89.9 cm³/mol. The van der Waals surface area contributed by atoms with Crippen LogP contribution in [-0.4, -0.2) is 16.1 Å². The summed E-state index contributed by atoms with van der Waals surface area (Å²) in [5.41, 5.74) is -6.03. The third kappa shape index (κ3) is 6.05. The molecule has 1 N–H and O–H groups in total. The van der Waals surface area contributed by atoms with Gasteiger partial charge >= 0.3 is 24.6 Å². The highest BCUT2D eigenvalue weighted by Gasteiger charge is 2.37. The molecule has 172 valence electrons. The quantitative estimate of drug-likeness (QED) is 0.534. The van der Waals surface area contributed by atoms with Crippen molar-refractivity contribution < 1.29 is 49.4 Å². The number of hydrogen-bond donors (Lipinski definition) is 1. The zero-order chi connectivity index (χ0) is 24.5. The van der Waals surface area contributed by atoms with Crippen molar-refractivity contribution in [3.63, 3.8) is 0 Å². The van der Waals surface area contributed by atoms with Crippen molar-refractivity contribution in [2.24, 2.45) is 0 Å². The van der Waals surface area contributed by atoms with Gasteiger partial charge in [0.2, 0.25) is 0 Å². The summed E-state index contributed by atoms with van der Waals surface area (Å²) < 4.78 is 117. The van der Waals surface area contributed by atoms with Crippen LogP contribution in [0.15, 0.2) is 36.4 Å². The highest BCUT2D eigenvalue weighted by atomic mass is 19.4. The third-order valence-electron chi connectivity index (χ3n) is 4.21. The van der Waals surface area contributed by atoms with Crippen LogP contribution in [0.5, 0.6) is 0 Å². The summed E-state index contributed by atoms with van der Waals surface area (Å²) in [4.78, 5) is 11.8. The highest BCUT2D eigenvalue weighted by molar-refractivity contribution is 5.65. The Hall–Kier alpha value is -3.43. The molecule has 0 saturated heterocycles. The van der Waals surface area contributed by atoms with Gasteiger partial charge in [0, 0.05) is 6.54 Å². The van der Waals surface area contributed by atoms with Gasteiger partial charge < -0.3 is 5.11 Å². The van der Waals surface area contributed by atoms with Gasteiger partial charge in [0.15, 0.2) is 0 Å². The fourth-order valence-electron chi connectivity index (χ4n) is 2.74. The van der Waals surface area contributed by atoms with Gasteiger partial charge in [-0.3, -0.25) is 4.90 Å². The number of nitrogens with zero attached hydrogens (tertiary/aromatic N) is 2. The summed E-state index contributed by atoms with van der Waals surface area (Å²) >= 11 is 0. The number of alkyl halides is 9. The van der Waals surface area contributed by atoms with Crippen LogP contribution in [0.1, 0.15) is 33.4 Å². The maximum Gasteiger partial charge on any atom is 0.416 e. The normalized spacial score (nSPS) is 12.4. The fraction of sp³-hybridized carbons (Fsp3) is 0.263. The Morgan fingerprint density at radius 3 is 1.72 bits per heavy atom. The molecule has 0 unspecified atom stereocenters. The average Bonchev–Trinajstić information content (AvgIpc) is 2.65. The van der Waals surface area contributed by atoms with Gasteiger partial charge in [-0.05, 0) is 47.5 Å². The molecular formula is C19H11F9N2O2. The van der Waals surface area contributed by atoms with E-state index in [-0.39, 0.29) is 11.6 Å². The summed E-state index contributed by atoms with van der Waals surface area (Å²) in [6.07, 6.45) is -17.0. The number of halogens is 9. The Morgan fingerprint density at radius 1 is 0.812 bits per heavy atom. The zero-order valence-corrected chi connectivity index (χ0v) is 15.5. The molecule has 32 heavy (non-hydrogen) atoms. The van der Waals surface area contributed by atoms with Crippen LogP contribution in [0, 0.1) is 11.3 Å². The minimum Gasteiger partial charge on any atom is -0.465 e. The molecule has 0 spiro atoms. The molecule has 1 amide bonds. The van der Waals surface area contributed by atoms with Gasteiger partial charge in [-0.25, -0.2) is 4.79 Å². The van der Waals surface area contributed by atoms with Gasteiger partial charge in [-0.2, -0.15) is 44.8 Å². The SMILES string of the molecule is N#Cc1ccc(C(F)(F)F)cc1CN(Cc1cc(C(F)(F)F)cc(C(F)(F)F)c1)C(=O)O. The topological polar surface area (TPSA) is 64.3 Å². The molecule has 2 aromatic rings. The van der Waals surface area contributed by atoms with Crippen molar-refractivity contribution in [1.82, 2.24) is 4.90 Å². The van der Waals surface area contributed by atoms with E-state index in [2.05, 4.69) is 0 Å². The number of benzene rings is 2. The Balaban J connectivity index is 2.49. The van der Waals surface area contributed by atoms with Crippen LogP contribution >= 0.6 is 0 Å². The van der Waals surface area contributed by atoms with Gasteiger partial charge in [0.25, 0.3) is 0 Å². The van der Waals surface area contributed by atoms with Crippen molar-refractivity contribution in [1.29, 1.82) is 5.26 Å². The lowest BCUT2D eigenvalue weighted by atomic mass is 10.0. The first-order chi connectivity index (χ1) is 14.5. The second kappa shape index (κ2) is 8.60. The number of carbonyl (C=O) groups is 1.